The number of hydrogen-bond acceptors (Lipinski definition) is 2. The molecular weight excluding hydrogens is 202 g/mol. The van der Waals surface area contributed by atoms with Gasteiger partial charge < -0.3 is 4.90 Å². The first-order valence-electron chi connectivity index (χ1n) is 5.24. The van der Waals surface area contributed by atoms with Gasteiger partial charge in [-0.3, -0.25) is 9.59 Å². The first-order valence-corrected chi connectivity index (χ1v) is 5.24. The van der Waals surface area contributed by atoms with E-state index in [1.807, 2.05) is 0 Å². The molecule has 0 saturated heterocycles. The van der Waals surface area contributed by atoms with Crippen LogP contribution < -0.4 is 0 Å². The molecule has 0 aromatic heterocycles. The Hall–Kier alpha value is -1.90. The maximum atomic E-state index is 12.0. The summed E-state index contributed by atoms with van der Waals surface area (Å²) in [6.07, 6.45) is 3.33. The van der Waals surface area contributed by atoms with Crippen LogP contribution in [0.4, 0.5) is 0 Å². The highest BCUT2D eigenvalue weighted by Gasteiger charge is 2.23. The number of aldehydes is 1. The molecule has 0 N–H and O–H groups in total. The third-order valence-corrected chi connectivity index (χ3v) is 2.78. The molecule has 0 saturated carbocycles. The van der Waals surface area contributed by atoms with E-state index in [2.05, 4.69) is 6.58 Å². The molecule has 1 heterocycles. The summed E-state index contributed by atoms with van der Waals surface area (Å²) in [5.41, 5.74) is 2.30. The van der Waals surface area contributed by atoms with Gasteiger partial charge in [0.1, 0.15) is 6.29 Å². The van der Waals surface area contributed by atoms with Crippen LogP contribution in [0, 0.1) is 0 Å². The van der Waals surface area contributed by atoms with Crippen molar-refractivity contribution in [3.8, 4) is 0 Å². The molecule has 2 rings (SSSR count). The number of carbonyl (C=O) groups excluding carboxylic acids is 2. The van der Waals surface area contributed by atoms with E-state index in [0.717, 1.165) is 18.3 Å². The van der Waals surface area contributed by atoms with Crippen LogP contribution in [0.25, 0.3) is 0 Å². The number of nitrogens with zero attached hydrogens (tertiary/aromatic N) is 1. The highest BCUT2D eigenvalue weighted by atomic mass is 16.2. The topological polar surface area (TPSA) is 37.4 Å². The van der Waals surface area contributed by atoms with Crippen LogP contribution in [0.15, 0.2) is 30.9 Å². The average molecular weight is 215 g/mol. The summed E-state index contributed by atoms with van der Waals surface area (Å²) in [6, 6.07) is 5.21. The minimum Gasteiger partial charge on any atom is -0.335 e. The summed E-state index contributed by atoms with van der Waals surface area (Å²) in [5, 5.41) is 0. The highest BCUT2D eigenvalue weighted by Crippen LogP contribution is 2.19. The lowest BCUT2D eigenvalue weighted by molar-refractivity contribution is 0.0758. The van der Waals surface area contributed by atoms with E-state index in [1.165, 1.54) is 0 Å². The van der Waals surface area contributed by atoms with E-state index < -0.39 is 0 Å². The molecule has 0 atom stereocenters. The summed E-state index contributed by atoms with van der Waals surface area (Å²) in [4.78, 5) is 24.4. The minimum atomic E-state index is 0.0265. The SMILES string of the molecule is C=CCN1CCc2cc(C=O)ccc2C1=O. The molecule has 3 nitrogen and oxygen atoms in total. The molecule has 1 aromatic rings. The van der Waals surface area contributed by atoms with Gasteiger partial charge in [0.05, 0.1) is 0 Å². The van der Waals surface area contributed by atoms with Crippen molar-refractivity contribution in [1.29, 1.82) is 0 Å². The van der Waals surface area contributed by atoms with Gasteiger partial charge >= 0.3 is 0 Å². The van der Waals surface area contributed by atoms with Crippen molar-refractivity contribution in [2.75, 3.05) is 13.1 Å². The molecule has 0 fully saturated rings. The number of benzene rings is 1. The van der Waals surface area contributed by atoms with Crippen molar-refractivity contribution in [1.82, 2.24) is 4.90 Å². The zero-order valence-electron chi connectivity index (χ0n) is 8.98. The first kappa shape index (κ1) is 10.6. The van der Waals surface area contributed by atoms with Gasteiger partial charge in [0.2, 0.25) is 0 Å². The standard InChI is InChI=1S/C13H13NO2/c1-2-6-14-7-5-11-8-10(9-15)3-4-12(11)13(14)16/h2-4,8-9H,1,5-7H2. The molecule has 0 aliphatic carbocycles. The molecule has 1 aliphatic heterocycles. The second kappa shape index (κ2) is 4.31. The second-order valence-corrected chi connectivity index (χ2v) is 3.82. The third-order valence-electron chi connectivity index (χ3n) is 2.78. The normalized spacial score (nSPS) is 14.5. The van der Waals surface area contributed by atoms with Crippen molar-refractivity contribution in [3.05, 3.63) is 47.5 Å². The molecule has 0 unspecified atom stereocenters. The van der Waals surface area contributed by atoms with Crippen LogP contribution >= 0.6 is 0 Å². The monoisotopic (exact) mass is 215 g/mol. The van der Waals surface area contributed by atoms with E-state index in [4.69, 9.17) is 0 Å². The summed E-state index contributed by atoms with van der Waals surface area (Å²) in [7, 11) is 0. The lowest BCUT2D eigenvalue weighted by Crippen LogP contribution is -2.37. The van der Waals surface area contributed by atoms with Gasteiger partial charge in [0.25, 0.3) is 5.91 Å². The smallest absolute Gasteiger partial charge is 0.254 e. The molecule has 0 spiro atoms. The maximum Gasteiger partial charge on any atom is 0.254 e. The van der Waals surface area contributed by atoms with Crippen LogP contribution in [-0.2, 0) is 6.42 Å². The first-order chi connectivity index (χ1) is 7.76. The number of carbonyl (C=O) groups is 2. The van der Waals surface area contributed by atoms with Crippen molar-refractivity contribution in [2.24, 2.45) is 0 Å². The van der Waals surface area contributed by atoms with Crippen LogP contribution in [0.2, 0.25) is 0 Å². The third kappa shape index (κ3) is 1.76. The molecule has 1 aliphatic rings. The van der Waals surface area contributed by atoms with Crippen molar-refractivity contribution < 1.29 is 9.59 Å². The summed E-state index contributed by atoms with van der Waals surface area (Å²) in [6.45, 7) is 4.90. The number of amides is 1. The van der Waals surface area contributed by atoms with Crippen LogP contribution in [0.3, 0.4) is 0 Å². The zero-order valence-corrected chi connectivity index (χ0v) is 8.98. The predicted molar refractivity (Wildman–Crippen MR) is 61.6 cm³/mol. The van der Waals surface area contributed by atoms with Crippen LogP contribution in [-0.4, -0.2) is 30.2 Å². The Balaban J connectivity index is 2.35. The van der Waals surface area contributed by atoms with E-state index >= 15 is 0 Å². The quantitative estimate of drug-likeness (QED) is 0.568. The van der Waals surface area contributed by atoms with E-state index in [-0.39, 0.29) is 5.91 Å². The van der Waals surface area contributed by atoms with Gasteiger partial charge in [-0.1, -0.05) is 12.1 Å². The van der Waals surface area contributed by atoms with Crippen molar-refractivity contribution >= 4 is 12.2 Å². The molecule has 1 aromatic carbocycles. The fourth-order valence-electron chi connectivity index (χ4n) is 1.96. The Morgan fingerprint density at radius 3 is 2.94 bits per heavy atom. The summed E-state index contributed by atoms with van der Waals surface area (Å²) < 4.78 is 0. The van der Waals surface area contributed by atoms with Gasteiger partial charge in [-0.05, 0) is 24.1 Å². The van der Waals surface area contributed by atoms with Gasteiger partial charge in [-0.15, -0.1) is 6.58 Å². The minimum absolute atomic E-state index is 0.0265. The molecule has 82 valence electrons. The van der Waals surface area contributed by atoms with Gasteiger partial charge in [-0.2, -0.15) is 0 Å². The fourth-order valence-corrected chi connectivity index (χ4v) is 1.96. The average Bonchev–Trinajstić information content (AvgIpc) is 2.32. The molecule has 1 amide bonds. The Morgan fingerprint density at radius 2 is 2.25 bits per heavy atom. The largest absolute Gasteiger partial charge is 0.335 e. The van der Waals surface area contributed by atoms with Gasteiger partial charge in [-0.25, -0.2) is 0 Å². The van der Waals surface area contributed by atoms with Gasteiger partial charge in [0.15, 0.2) is 0 Å². The van der Waals surface area contributed by atoms with Crippen LogP contribution in [0.5, 0.6) is 0 Å². The molecular formula is C13H13NO2. The predicted octanol–water partition coefficient (Wildman–Crippen LogP) is 1.68. The molecule has 0 radical (unpaired) electrons. The second-order valence-electron chi connectivity index (χ2n) is 3.82. The molecule has 0 bridgehead atoms. The van der Waals surface area contributed by atoms with Crippen molar-refractivity contribution in [2.45, 2.75) is 6.42 Å². The van der Waals surface area contributed by atoms with E-state index in [1.54, 1.807) is 29.2 Å². The van der Waals surface area contributed by atoms with Crippen molar-refractivity contribution in [3.63, 3.8) is 0 Å². The zero-order chi connectivity index (χ0) is 11.5. The Kier molecular flexibility index (Phi) is 2.86. The summed E-state index contributed by atoms with van der Waals surface area (Å²) >= 11 is 0. The fraction of sp³-hybridized carbons (Fsp3) is 0.231. The lowest BCUT2D eigenvalue weighted by Gasteiger charge is -2.27. The number of rotatable bonds is 3. The summed E-state index contributed by atoms with van der Waals surface area (Å²) in [5.74, 6) is 0.0265. The number of fused-ring (bicyclic) bond motifs is 1. The van der Waals surface area contributed by atoms with Gasteiger partial charge in [0, 0.05) is 24.2 Å². The Bertz CT molecular complexity index is 451. The molecule has 3 heteroatoms. The molecule has 16 heavy (non-hydrogen) atoms. The van der Waals surface area contributed by atoms with Crippen LogP contribution in [0.1, 0.15) is 26.3 Å². The lowest BCUT2D eigenvalue weighted by atomic mass is 9.97. The Morgan fingerprint density at radius 1 is 1.44 bits per heavy atom. The Labute approximate surface area is 94.4 Å². The maximum absolute atomic E-state index is 12.0. The van der Waals surface area contributed by atoms with E-state index in [9.17, 15) is 9.59 Å². The number of hydrogen-bond donors (Lipinski definition) is 0. The van der Waals surface area contributed by atoms with E-state index in [0.29, 0.717) is 24.2 Å². The highest BCUT2D eigenvalue weighted by molar-refractivity contribution is 5.97.